The Balaban J connectivity index is 1.84. The first kappa shape index (κ1) is 16.6. The maximum atomic E-state index is 11.7. The fourth-order valence-electron chi connectivity index (χ4n) is 2.57. The summed E-state index contributed by atoms with van der Waals surface area (Å²) >= 11 is 0. The average molecular weight is 310 g/mol. The zero-order chi connectivity index (χ0) is 15.9. The van der Waals surface area contributed by atoms with Crippen LogP contribution < -0.4 is 10.6 Å². The lowest BCUT2D eigenvalue weighted by atomic mass is 9.97. The molecular weight excluding hydrogens is 284 g/mol. The molecule has 1 saturated heterocycles. The van der Waals surface area contributed by atoms with Gasteiger partial charge in [0.25, 0.3) is 0 Å². The molecule has 2 aliphatic rings. The topological polar surface area (TPSA) is 83.0 Å². The van der Waals surface area contributed by atoms with E-state index in [2.05, 4.69) is 20.5 Å². The number of nitrogens with one attached hydrogen (secondary N) is 2. The quantitative estimate of drug-likeness (QED) is 0.428. The van der Waals surface area contributed by atoms with Gasteiger partial charge in [-0.3, -0.25) is 9.59 Å². The Morgan fingerprint density at radius 3 is 2.45 bits per heavy atom. The van der Waals surface area contributed by atoms with Crippen molar-refractivity contribution in [2.24, 2.45) is 10.9 Å². The van der Waals surface area contributed by atoms with Crippen molar-refractivity contribution in [2.75, 3.05) is 33.3 Å². The molecule has 124 valence electrons. The first-order valence-electron chi connectivity index (χ1n) is 8.04. The molecule has 1 saturated carbocycles. The van der Waals surface area contributed by atoms with Gasteiger partial charge in [0.15, 0.2) is 5.96 Å². The number of carbonyl (C=O) groups is 2. The van der Waals surface area contributed by atoms with Crippen LogP contribution in [-0.2, 0) is 14.3 Å². The van der Waals surface area contributed by atoms with Crippen molar-refractivity contribution < 1.29 is 14.3 Å². The summed E-state index contributed by atoms with van der Waals surface area (Å²) in [7, 11) is 1.43. The Labute approximate surface area is 131 Å². The number of guanidine groups is 1. The van der Waals surface area contributed by atoms with Crippen molar-refractivity contribution >= 4 is 17.8 Å². The Morgan fingerprint density at radius 1 is 1.23 bits per heavy atom. The molecule has 0 unspecified atom stereocenters. The summed E-state index contributed by atoms with van der Waals surface area (Å²) in [5.41, 5.74) is 0. The van der Waals surface area contributed by atoms with E-state index in [0.717, 1.165) is 51.3 Å². The minimum absolute atomic E-state index is 0.0256. The molecule has 0 bridgehead atoms. The fraction of sp³-hybridized carbons (Fsp3) is 0.800. The third kappa shape index (κ3) is 4.89. The molecule has 7 nitrogen and oxygen atoms in total. The van der Waals surface area contributed by atoms with Crippen LogP contribution in [0.2, 0.25) is 0 Å². The van der Waals surface area contributed by atoms with Crippen LogP contribution in [0.4, 0.5) is 0 Å². The van der Waals surface area contributed by atoms with Crippen LogP contribution in [0.3, 0.4) is 0 Å². The van der Waals surface area contributed by atoms with Crippen LogP contribution in [0, 0.1) is 5.92 Å². The highest BCUT2D eigenvalue weighted by Gasteiger charge is 2.27. The number of ether oxygens (including phenoxy) is 1. The van der Waals surface area contributed by atoms with E-state index in [9.17, 15) is 9.59 Å². The van der Waals surface area contributed by atoms with Crippen LogP contribution in [0.15, 0.2) is 4.99 Å². The molecule has 7 heteroatoms. The van der Waals surface area contributed by atoms with Gasteiger partial charge in [0.2, 0.25) is 5.91 Å². The number of nitrogens with zero attached hydrogens (tertiary/aromatic N) is 2. The molecular formula is C15H26N4O3. The second-order valence-electron chi connectivity index (χ2n) is 5.80. The second-order valence-corrected chi connectivity index (χ2v) is 5.80. The van der Waals surface area contributed by atoms with E-state index in [4.69, 9.17) is 4.74 Å². The van der Waals surface area contributed by atoms with E-state index in [1.165, 1.54) is 7.11 Å². The Kier molecular flexibility index (Phi) is 6.03. The van der Waals surface area contributed by atoms with E-state index in [1.54, 1.807) is 0 Å². The Hall–Kier alpha value is -1.79. The summed E-state index contributed by atoms with van der Waals surface area (Å²) in [6.07, 6.45) is 3.67. The number of hydrogen-bond acceptors (Lipinski definition) is 4. The van der Waals surface area contributed by atoms with Crippen molar-refractivity contribution in [1.29, 1.82) is 0 Å². The predicted molar refractivity (Wildman–Crippen MR) is 83.5 cm³/mol. The van der Waals surface area contributed by atoms with E-state index < -0.39 is 0 Å². The predicted octanol–water partition coefficient (Wildman–Crippen LogP) is 0.116. The summed E-state index contributed by atoms with van der Waals surface area (Å²) in [6, 6.07) is 0.362. The van der Waals surface area contributed by atoms with Gasteiger partial charge in [-0.15, -0.1) is 0 Å². The summed E-state index contributed by atoms with van der Waals surface area (Å²) in [5.74, 6) is 0.562. The summed E-state index contributed by atoms with van der Waals surface area (Å²) in [6.45, 7) is 4.39. The SMILES string of the molecule is CCNC(=NCC(=O)NC1CC1)N1CCC(C(=O)OC)CC1. The third-order valence-corrected chi connectivity index (χ3v) is 3.98. The minimum Gasteiger partial charge on any atom is -0.469 e. The van der Waals surface area contributed by atoms with Gasteiger partial charge in [-0.05, 0) is 32.6 Å². The van der Waals surface area contributed by atoms with Crippen LogP contribution in [-0.4, -0.2) is 62.1 Å². The second kappa shape index (κ2) is 8.00. The lowest BCUT2D eigenvalue weighted by molar-refractivity contribution is -0.146. The maximum Gasteiger partial charge on any atom is 0.308 e. The molecule has 0 atom stereocenters. The molecule has 1 aliphatic heterocycles. The lowest BCUT2D eigenvalue weighted by Gasteiger charge is -2.33. The van der Waals surface area contributed by atoms with Crippen molar-refractivity contribution in [3.8, 4) is 0 Å². The number of rotatable bonds is 5. The van der Waals surface area contributed by atoms with E-state index in [0.29, 0.717) is 6.04 Å². The minimum atomic E-state index is -0.134. The van der Waals surface area contributed by atoms with Gasteiger partial charge >= 0.3 is 5.97 Å². The number of esters is 1. The number of piperidine rings is 1. The van der Waals surface area contributed by atoms with Crippen molar-refractivity contribution in [3.05, 3.63) is 0 Å². The number of carbonyl (C=O) groups excluding carboxylic acids is 2. The number of likely N-dealkylation sites (tertiary alicyclic amines) is 1. The van der Waals surface area contributed by atoms with Crippen LogP contribution in [0.25, 0.3) is 0 Å². The molecule has 1 aliphatic carbocycles. The number of hydrogen-bond donors (Lipinski definition) is 2. The summed E-state index contributed by atoms with van der Waals surface area (Å²) in [4.78, 5) is 29.8. The van der Waals surface area contributed by atoms with Gasteiger partial charge < -0.3 is 20.3 Å². The van der Waals surface area contributed by atoms with Gasteiger partial charge in [-0.25, -0.2) is 4.99 Å². The monoisotopic (exact) mass is 310 g/mol. The fourth-order valence-corrected chi connectivity index (χ4v) is 2.57. The first-order chi connectivity index (χ1) is 10.6. The number of amides is 1. The van der Waals surface area contributed by atoms with Crippen molar-refractivity contribution in [1.82, 2.24) is 15.5 Å². The smallest absolute Gasteiger partial charge is 0.308 e. The normalized spacial score (nSPS) is 19.7. The van der Waals surface area contributed by atoms with Gasteiger partial charge in [0.1, 0.15) is 6.54 Å². The van der Waals surface area contributed by atoms with E-state index >= 15 is 0 Å². The van der Waals surface area contributed by atoms with E-state index in [-0.39, 0.29) is 24.3 Å². The van der Waals surface area contributed by atoms with Crippen LogP contribution in [0.1, 0.15) is 32.6 Å². The maximum absolute atomic E-state index is 11.7. The molecule has 0 radical (unpaired) electrons. The van der Waals surface area contributed by atoms with Crippen LogP contribution >= 0.6 is 0 Å². The largest absolute Gasteiger partial charge is 0.469 e. The Morgan fingerprint density at radius 2 is 1.91 bits per heavy atom. The highest BCUT2D eigenvalue weighted by atomic mass is 16.5. The number of methoxy groups -OCH3 is 1. The number of aliphatic imine (C=N–C) groups is 1. The molecule has 0 aromatic heterocycles. The summed E-state index contributed by atoms with van der Waals surface area (Å²) in [5, 5.41) is 6.14. The molecule has 1 heterocycles. The molecule has 22 heavy (non-hydrogen) atoms. The van der Waals surface area contributed by atoms with Crippen LogP contribution in [0.5, 0.6) is 0 Å². The Bertz CT molecular complexity index is 427. The molecule has 0 aromatic carbocycles. The summed E-state index contributed by atoms with van der Waals surface area (Å²) < 4.78 is 4.80. The zero-order valence-electron chi connectivity index (χ0n) is 13.4. The molecule has 2 N–H and O–H groups in total. The standard InChI is InChI=1S/C15H26N4O3/c1-3-16-15(17-10-13(20)18-12-4-5-12)19-8-6-11(7-9-19)14(21)22-2/h11-12H,3-10H2,1-2H3,(H,16,17)(H,18,20). The van der Waals surface area contributed by atoms with Crippen molar-refractivity contribution in [3.63, 3.8) is 0 Å². The van der Waals surface area contributed by atoms with Gasteiger partial charge in [0.05, 0.1) is 13.0 Å². The van der Waals surface area contributed by atoms with Crippen molar-refractivity contribution in [2.45, 2.75) is 38.6 Å². The highest BCUT2D eigenvalue weighted by Crippen LogP contribution is 2.19. The van der Waals surface area contributed by atoms with Gasteiger partial charge in [0, 0.05) is 25.7 Å². The average Bonchev–Trinajstić information content (AvgIpc) is 3.34. The molecule has 0 spiro atoms. The van der Waals surface area contributed by atoms with Gasteiger partial charge in [-0.1, -0.05) is 0 Å². The third-order valence-electron chi connectivity index (χ3n) is 3.98. The lowest BCUT2D eigenvalue weighted by Crippen LogP contribution is -2.47. The first-order valence-corrected chi connectivity index (χ1v) is 8.04. The highest BCUT2D eigenvalue weighted by molar-refractivity contribution is 5.85. The van der Waals surface area contributed by atoms with E-state index in [1.807, 2.05) is 6.92 Å². The molecule has 0 aromatic rings. The zero-order valence-corrected chi connectivity index (χ0v) is 13.4. The van der Waals surface area contributed by atoms with Gasteiger partial charge in [-0.2, -0.15) is 0 Å². The molecule has 2 rings (SSSR count). The molecule has 2 fully saturated rings. The molecule has 1 amide bonds.